The average Bonchev–Trinajstić information content (AvgIpc) is 3.12. The highest BCUT2D eigenvalue weighted by atomic mass is 16.5. The molecule has 1 aromatic rings. The first kappa shape index (κ1) is 19.2. The molecule has 0 aromatic carbocycles. The number of nitrogens with zero attached hydrogens (tertiary/aromatic N) is 4. The quantitative estimate of drug-likeness (QED) is 0.480. The Balaban J connectivity index is 1.52. The first-order chi connectivity index (χ1) is 12.8. The minimum absolute atomic E-state index is 0.0727. The molecule has 1 saturated carbocycles. The van der Waals surface area contributed by atoms with Gasteiger partial charge in [-0.1, -0.05) is 32.1 Å². The van der Waals surface area contributed by atoms with E-state index < -0.39 is 0 Å². The van der Waals surface area contributed by atoms with Gasteiger partial charge in [-0.3, -0.25) is 9.67 Å². The van der Waals surface area contributed by atoms with Crippen LogP contribution >= 0.6 is 0 Å². The zero-order valence-corrected chi connectivity index (χ0v) is 16.5. The fourth-order valence-electron chi connectivity index (χ4n) is 4.12. The molecule has 2 aliphatic rings. The van der Waals surface area contributed by atoms with Crippen LogP contribution in [0.1, 0.15) is 63.5 Å². The Kier molecular flexibility index (Phi) is 7.35. The van der Waals surface area contributed by atoms with Gasteiger partial charge in [0.2, 0.25) is 0 Å². The summed E-state index contributed by atoms with van der Waals surface area (Å²) in [5, 5.41) is 7.74. The van der Waals surface area contributed by atoms with Gasteiger partial charge in [0.25, 0.3) is 0 Å². The van der Waals surface area contributed by atoms with Crippen molar-refractivity contribution in [1.82, 2.24) is 20.0 Å². The van der Waals surface area contributed by atoms with Gasteiger partial charge in [-0.2, -0.15) is 5.10 Å². The molecular weight excluding hydrogens is 326 g/mol. The van der Waals surface area contributed by atoms with Crippen molar-refractivity contribution >= 4 is 5.96 Å². The van der Waals surface area contributed by atoms with Crippen molar-refractivity contribution < 1.29 is 4.74 Å². The zero-order valence-electron chi connectivity index (χ0n) is 16.5. The fourth-order valence-corrected chi connectivity index (χ4v) is 4.12. The Morgan fingerprint density at radius 1 is 1.35 bits per heavy atom. The summed E-state index contributed by atoms with van der Waals surface area (Å²) in [6.45, 7) is 6.41. The molecule has 26 heavy (non-hydrogen) atoms. The van der Waals surface area contributed by atoms with Crippen molar-refractivity contribution in [2.24, 2.45) is 18.0 Å². The third-order valence-electron chi connectivity index (χ3n) is 5.55. The van der Waals surface area contributed by atoms with Crippen LogP contribution in [0.2, 0.25) is 0 Å². The van der Waals surface area contributed by atoms with Crippen LogP contribution in [-0.4, -0.2) is 53.4 Å². The molecule has 2 fully saturated rings. The van der Waals surface area contributed by atoms with Crippen molar-refractivity contribution in [1.29, 1.82) is 0 Å². The number of nitrogens with one attached hydrogen (secondary N) is 1. The van der Waals surface area contributed by atoms with Gasteiger partial charge >= 0.3 is 0 Å². The topological polar surface area (TPSA) is 54.7 Å². The van der Waals surface area contributed by atoms with Crippen LogP contribution in [0, 0.1) is 5.92 Å². The second-order valence-corrected chi connectivity index (χ2v) is 7.63. The van der Waals surface area contributed by atoms with E-state index in [1.807, 2.05) is 24.1 Å². The second-order valence-electron chi connectivity index (χ2n) is 7.63. The Bertz CT molecular complexity index is 564. The summed E-state index contributed by atoms with van der Waals surface area (Å²) in [6.07, 6.45) is 13.7. The number of rotatable bonds is 6. The highest BCUT2D eigenvalue weighted by molar-refractivity contribution is 5.80. The molecule has 3 rings (SSSR count). The number of guanidine groups is 1. The molecular formula is C20H35N5O. The molecule has 146 valence electrons. The molecule has 0 spiro atoms. The van der Waals surface area contributed by atoms with Crippen molar-refractivity contribution in [3.63, 3.8) is 0 Å². The summed E-state index contributed by atoms with van der Waals surface area (Å²) in [5.41, 5.74) is 1.14. The summed E-state index contributed by atoms with van der Waals surface area (Å²) >= 11 is 0. The van der Waals surface area contributed by atoms with Crippen LogP contribution in [0.25, 0.3) is 0 Å². The van der Waals surface area contributed by atoms with Crippen molar-refractivity contribution in [3.05, 3.63) is 18.0 Å². The summed E-state index contributed by atoms with van der Waals surface area (Å²) in [4.78, 5) is 7.25. The SMILES string of the molecule is CCNC(=NCCCC1CCCCC1)N1CCOC(c2cnn(C)c2)C1. The Labute approximate surface area is 158 Å². The van der Waals surface area contributed by atoms with Crippen LogP contribution in [0.5, 0.6) is 0 Å². The second kappa shape index (κ2) is 9.95. The third-order valence-corrected chi connectivity index (χ3v) is 5.55. The smallest absolute Gasteiger partial charge is 0.194 e. The van der Waals surface area contributed by atoms with E-state index in [4.69, 9.17) is 9.73 Å². The highest BCUT2D eigenvalue weighted by Crippen LogP contribution is 2.27. The number of morpholine rings is 1. The number of aryl methyl sites for hydroxylation is 1. The van der Waals surface area contributed by atoms with Crippen LogP contribution in [0.15, 0.2) is 17.4 Å². The van der Waals surface area contributed by atoms with E-state index in [1.165, 1.54) is 44.9 Å². The monoisotopic (exact) mass is 361 g/mol. The molecule has 1 saturated heterocycles. The van der Waals surface area contributed by atoms with E-state index in [0.29, 0.717) is 0 Å². The van der Waals surface area contributed by atoms with Gasteiger partial charge in [0, 0.05) is 38.4 Å². The van der Waals surface area contributed by atoms with Crippen LogP contribution in [0.4, 0.5) is 0 Å². The van der Waals surface area contributed by atoms with E-state index in [2.05, 4.69) is 22.2 Å². The lowest BCUT2D eigenvalue weighted by atomic mass is 9.86. The van der Waals surface area contributed by atoms with Gasteiger partial charge < -0.3 is 15.0 Å². The maximum absolute atomic E-state index is 5.96. The van der Waals surface area contributed by atoms with Gasteiger partial charge in [0.05, 0.1) is 19.3 Å². The van der Waals surface area contributed by atoms with Crippen LogP contribution in [-0.2, 0) is 11.8 Å². The Morgan fingerprint density at radius 2 is 2.19 bits per heavy atom. The molecule has 0 radical (unpaired) electrons. The molecule has 2 heterocycles. The lowest BCUT2D eigenvalue weighted by Gasteiger charge is -2.34. The van der Waals surface area contributed by atoms with Crippen molar-refractivity contribution in [2.45, 2.75) is 58.0 Å². The zero-order chi connectivity index (χ0) is 18.2. The molecule has 1 aromatic heterocycles. The maximum Gasteiger partial charge on any atom is 0.194 e. The van der Waals surface area contributed by atoms with E-state index in [9.17, 15) is 0 Å². The van der Waals surface area contributed by atoms with E-state index >= 15 is 0 Å². The van der Waals surface area contributed by atoms with E-state index in [-0.39, 0.29) is 6.10 Å². The number of hydrogen-bond donors (Lipinski definition) is 1. The molecule has 1 aliphatic carbocycles. The minimum atomic E-state index is 0.0727. The van der Waals surface area contributed by atoms with Gasteiger partial charge in [0.15, 0.2) is 5.96 Å². The first-order valence-electron chi connectivity index (χ1n) is 10.4. The van der Waals surface area contributed by atoms with Crippen molar-refractivity contribution in [3.8, 4) is 0 Å². The third kappa shape index (κ3) is 5.47. The highest BCUT2D eigenvalue weighted by Gasteiger charge is 2.25. The minimum Gasteiger partial charge on any atom is -0.370 e. The number of aliphatic imine (C=N–C) groups is 1. The predicted molar refractivity (Wildman–Crippen MR) is 105 cm³/mol. The lowest BCUT2D eigenvalue weighted by molar-refractivity contribution is -0.00804. The molecule has 1 N–H and O–H groups in total. The van der Waals surface area contributed by atoms with Gasteiger partial charge in [-0.05, 0) is 25.7 Å². The average molecular weight is 362 g/mol. The number of ether oxygens (including phenoxy) is 1. The molecule has 6 heteroatoms. The molecule has 0 amide bonds. The first-order valence-corrected chi connectivity index (χ1v) is 10.4. The standard InChI is InChI=1S/C20H35N5O/c1-3-21-20(22-11-7-10-17-8-5-4-6-9-17)25-12-13-26-19(16-25)18-14-23-24(2)15-18/h14-15,17,19H,3-13,16H2,1-2H3,(H,21,22). The summed E-state index contributed by atoms with van der Waals surface area (Å²) in [7, 11) is 1.95. The normalized spacial score (nSPS) is 22.6. The Morgan fingerprint density at radius 3 is 2.92 bits per heavy atom. The Hall–Kier alpha value is -1.56. The maximum atomic E-state index is 5.96. The van der Waals surface area contributed by atoms with Gasteiger partial charge in [0.1, 0.15) is 6.10 Å². The van der Waals surface area contributed by atoms with Gasteiger partial charge in [-0.25, -0.2) is 0 Å². The van der Waals surface area contributed by atoms with Crippen molar-refractivity contribution in [2.75, 3.05) is 32.8 Å². The summed E-state index contributed by atoms with van der Waals surface area (Å²) in [5.74, 6) is 1.98. The van der Waals surface area contributed by atoms with Gasteiger partial charge in [-0.15, -0.1) is 0 Å². The van der Waals surface area contributed by atoms with Crippen LogP contribution in [0.3, 0.4) is 0 Å². The molecule has 1 atom stereocenters. The largest absolute Gasteiger partial charge is 0.370 e. The number of aromatic nitrogens is 2. The fraction of sp³-hybridized carbons (Fsp3) is 0.800. The number of hydrogen-bond acceptors (Lipinski definition) is 3. The molecule has 1 aliphatic heterocycles. The summed E-state index contributed by atoms with van der Waals surface area (Å²) < 4.78 is 7.80. The van der Waals surface area contributed by atoms with E-state index in [0.717, 1.165) is 50.2 Å². The molecule has 1 unspecified atom stereocenters. The molecule has 6 nitrogen and oxygen atoms in total. The molecule has 0 bridgehead atoms. The van der Waals surface area contributed by atoms with Crippen LogP contribution < -0.4 is 5.32 Å². The lowest BCUT2D eigenvalue weighted by Crippen LogP contribution is -2.48. The predicted octanol–water partition coefficient (Wildman–Crippen LogP) is 3.12. The summed E-state index contributed by atoms with van der Waals surface area (Å²) in [6, 6.07) is 0. The van der Waals surface area contributed by atoms with E-state index in [1.54, 1.807) is 0 Å².